The molecule has 0 radical (unpaired) electrons. The predicted molar refractivity (Wildman–Crippen MR) is 119 cm³/mol. The minimum atomic E-state index is 0.0788. The Morgan fingerprint density at radius 2 is 1.97 bits per heavy atom. The van der Waals surface area contributed by atoms with Crippen LogP contribution >= 0.6 is 11.3 Å². The van der Waals surface area contributed by atoms with Gasteiger partial charge < -0.3 is 24.1 Å². The number of nitrogens with zero attached hydrogens (tertiary/aromatic N) is 3. The zero-order valence-electron chi connectivity index (χ0n) is 17.3. The molecule has 0 unspecified atom stereocenters. The number of methoxy groups -OCH3 is 2. The van der Waals surface area contributed by atoms with Gasteiger partial charge in [0.05, 0.1) is 32.2 Å². The second kappa shape index (κ2) is 9.67. The zero-order valence-corrected chi connectivity index (χ0v) is 18.1. The SMILES string of the molecule is COCCN=c1scc(-c2ccc3c(c2)OCCO3)n1/N=C\c1ccc(O)c(OC)c1. The molecule has 4 rings (SSSR count). The first-order chi connectivity index (χ1) is 15.2. The molecule has 0 amide bonds. The molecule has 3 aromatic rings. The van der Waals surface area contributed by atoms with Crippen LogP contribution in [-0.2, 0) is 4.74 Å². The summed E-state index contributed by atoms with van der Waals surface area (Å²) in [5.74, 6) is 1.92. The van der Waals surface area contributed by atoms with Gasteiger partial charge in [0.15, 0.2) is 23.0 Å². The molecule has 2 aromatic carbocycles. The van der Waals surface area contributed by atoms with Crippen LogP contribution in [0.3, 0.4) is 0 Å². The van der Waals surface area contributed by atoms with Crippen molar-refractivity contribution in [1.82, 2.24) is 4.68 Å². The molecule has 0 aliphatic carbocycles. The first-order valence-electron chi connectivity index (χ1n) is 9.71. The van der Waals surface area contributed by atoms with Gasteiger partial charge in [-0.25, -0.2) is 4.68 Å². The summed E-state index contributed by atoms with van der Waals surface area (Å²) in [4.78, 5) is 5.35. The molecule has 2 heterocycles. The molecule has 31 heavy (non-hydrogen) atoms. The molecule has 0 fully saturated rings. The first-order valence-corrected chi connectivity index (χ1v) is 10.6. The summed E-state index contributed by atoms with van der Waals surface area (Å²) < 4.78 is 23.4. The van der Waals surface area contributed by atoms with Gasteiger partial charge in [0, 0.05) is 18.1 Å². The van der Waals surface area contributed by atoms with E-state index in [4.69, 9.17) is 18.9 Å². The molecule has 1 aliphatic heterocycles. The number of hydrogen-bond acceptors (Lipinski definition) is 8. The fourth-order valence-electron chi connectivity index (χ4n) is 3.05. The smallest absolute Gasteiger partial charge is 0.206 e. The van der Waals surface area contributed by atoms with Crippen LogP contribution in [0.1, 0.15) is 5.56 Å². The molecular weight excluding hydrogens is 418 g/mol. The maximum absolute atomic E-state index is 9.82. The highest BCUT2D eigenvalue weighted by Gasteiger charge is 2.15. The van der Waals surface area contributed by atoms with Gasteiger partial charge in [0.1, 0.15) is 13.2 Å². The number of ether oxygens (including phenoxy) is 4. The minimum Gasteiger partial charge on any atom is -0.504 e. The first kappa shape index (κ1) is 21.0. The molecule has 9 heteroatoms. The van der Waals surface area contributed by atoms with Crippen LogP contribution < -0.4 is 19.0 Å². The van der Waals surface area contributed by atoms with Crippen LogP contribution in [-0.4, -0.2) is 56.6 Å². The highest BCUT2D eigenvalue weighted by atomic mass is 32.1. The van der Waals surface area contributed by atoms with E-state index in [1.165, 1.54) is 18.4 Å². The number of fused-ring (bicyclic) bond motifs is 1. The van der Waals surface area contributed by atoms with Crippen molar-refractivity contribution in [1.29, 1.82) is 0 Å². The summed E-state index contributed by atoms with van der Waals surface area (Å²) in [6, 6.07) is 10.9. The number of hydrogen-bond donors (Lipinski definition) is 1. The third-order valence-electron chi connectivity index (χ3n) is 4.59. The maximum Gasteiger partial charge on any atom is 0.206 e. The monoisotopic (exact) mass is 441 g/mol. The van der Waals surface area contributed by atoms with Crippen molar-refractivity contribution in [2.75, 3.05) is 40.6 Å². The van der Waals surface area contributed by atoms with Crippen molar-refractivity contribution in [2.24, 2.45) is 10.1 Å². The van der Waals surface area contributed by atoms with Crippen molar-refractivity contribution in [3.8, 4) is 34.3 Å². The summed E-state index contributed by atoms with van der Waals surface area (Å²) in [5, 5.41) is 16.5. The van der Waals surface area contributed by atoms with Crippen molar-refractivity contribution < 1.29 is 24.1 Å². The van der Waals surface area contributed by atoms with E-state index in [2.05, 4.69) is 10.1 Å². The molecule has 162 valence electrons. The van der Waals surface area contributed by atoms with Crippen LogP contribution in [0.4, 0.5) is 0 Å². The van der Waals surface area contributed by atoms with Crippen molar-refractivity contribution >= 4 is 17.6 Å². The predicted octanol–water partition coefficient (Wildman–Crippen LogP) is 3.13. The van der Waals surface area contributed by atoms with Gasteiger partial charge in [0.25, 0.3) is 0 Å². The minimum absolute atomic E-state index is 0.0788. The molecule has 0 atom stereocenters. The van der Waals surface area contributed by atoms with E-state index >= 15 is 0 Å². The van der Waals surface area contributed by atoms with Crippen LogP contribution in [0.25, 0.3) is 11.3 Å². The topological polar surface area (TPSA) is 86.8 Å². The largest absolute Gasteiger partial charge is 0.504 e. The van der Waals surface area contributed by atoms with Gasteiger partial charge in [0.2, 0.25) is 4.80 Å². The van der Waals surface area contributed by atoms with Crippen molar-refractivity contribution in [3.05, 3.63) is 52.1 Å². The van der Waals surface area contributed by atoms with E-state index < -0.39 is 0 Å². The van der Waals surface area contributed by atoms with Gasteiger partial charge in [-0.3, -0.25) is 4.99 Å². The zero-order chi connectivity index (χ0) is 21.6. The Labute approximate surface area is 183 Å². The van der Waals surface area contributed by atoms with Crippen molar-refractivity contribution in [2.45, 2.75) is 0 Å². The number of aromatic hydroxyl groups is 1. The number of rotatable bonds is 7. The Morgan fingerprint density at radius 1 is 1.13 bits per heavy atom. The lowest BCUT2D eigenvalue weighted by Gasteiger charge is -2.18. The van der Waals surface area contributed by atoms with E-state index in [1.807, 2.05) is 23.6 Å². The standard InChI is InChI=1S/C22H23N3O5S/c1-27-8-7-23-22-25(24-13-15-3-5-18(26)20(11-15)28-2)17(14-31-22)16-4-6-19-21(12-16)30-10-9-29-19/h3-6,11-14,26H,7-10H2,1-2H3/b23-22?,24-13-. The number of thiazole rings is 1. The third kappa shape index (κ3) is 4.73. The molecule has 0 saturated heterocycles. The quantitative estimate of drug-likeness (QED) is 0.450. The summed E-state index contributed by atoms with van der Waals surface area (Å²) in [5.41, 5.74) is 2.60. The molecule has 1 N–H and O–H groups in total. The van der Waals surface area contributed by atoms with E-state index in [0.717, 1.165) is 27.4 Å². The highest BCUT2D eigenvalue weighted by Crippen LogP contribution is 2.34. The Morgan fingerprint density at radius 3 is 2.77 bits per heavy atom. The van der Waals surface area contributed by atoms with Crippen LogP contribution in [0.2, 0.25) is 0 Å². The molecular formula is C22H23N3O5S. The van der Waals surface area contributed by atoms with E-state index in [9.17, 15) is 5.11 Å². The van der Waals surface area contributed by atoms with E-state index in [1.54, 1.807) is 36.2 Å². The molecule has 0 bridgehead atoms. The fourth-order valence-corrected chi connectivity index (χ4v) is 3.92. The third-order valence-corrected chi connectivity index (χ3v) is 5.45. The number of aromatic nitrogens is 1. The van der Waals surface area contributed by atoms with Gasteiger partial charge in [-0.1, -0.05) is 0 Å². The lowest BCUT2D eigenvalue weighted by Crippen LogP contribution is -2.16. The lowest BCUT2D eigenvalue weighted by molar-refractivity contribution is 0.171. The number of phenolic OH excluding ortho intramolecular Hbond substituents is 1. The summed E-state index contributed by atoms with van der Waals surface area (Å²) in [6.07, 6.45) is 1.70. The molecule has 1 aliphatic rings. The average molecular weight is 442 g/mol. The number of phenols is 1. The summed E-state index contributed by atoms with van der Waals surface area (Å²) >= 11 is 1.49. The average Bonchev–Trinajstić information content (AvgIpc) is 3.21. The van der Waals surface area contributed by atoms with Gasteiger partial charge >= 0.3 is 0 Å². The second-order valence-corrected chi connectivity index (χ2v) is 7.46. The molecule has 1 aromatic heterocycles. The van der Waals surface area contributed by atoms with Gasteiger partial charge in [-0.15, -0.1) is 11.3 Å². The highest BCUT2D eigenvalue weighted by molar-refractivity contribution is 7.07. The normalized spacial score (nSPS) is 13.7. The van der Waals surface area contributed by atoms with Crippen molar-refractivity contribution in [3.63, 3.8) is 0 Å². The number of benzene rings is 2. The lowest BCUT2D eigenvalue weighted by atomic mass is 10.1. The molecule has 0 spiro atoms. The fraction of sp³-hybridized carbons (Fsp3) is 0.273. The van der Waals surface area contributed by atoms with E-state index in [0.29, 0.717) is 37.9 Å². The van der Waals surface area contributed by atoms with Crippen LogP contribution in [0, 0.1) is 0 Å². The molecule has 0 saturated carbocycles. The van der Waals surface area contributed by atoms with Gasteiger partial charge in [-0.2, -0.15) is 5.10 Å². The second-order valence-electron chi connectivity index (χ2n) is 6.62. The summed E-state index contributed by atoms with van der Waals surface area (Å²) in [7, 11) is 3.16. The molecule has 8 nitrogen and oxygen atoms in total. The Hall–Kier alpha value is -3.30. The van der Waals surface area contributed by atoms with Gasteiger partial charge in [-0.05, 0) is 42.0 Å². The van der Waals surface area contributed by atoms with Crippen LogP contribution in [0.5, 0.6) is 23.0 Å². The Kier molecular flexibility index (Phi) is 6.54. The van der Waals surface area contributed by atoms with E-state index in [-0.39, 0.29) is 5.75 Å². The maximum atomic E-state index is 9.82. The Bertz CT molecular complexity index is 1150. The van der Waals surface area contributed by atoms with Crippen LogP contribution in [0.15, 0.2) is 51.9 Å². The summed E-state index contributed by atoms with van der Waals surface area (Å²) in [6.45, 7) is 2.13. The Balaban J connectivity index is 1.74.